The van der Waals surface area contributed by atoms with E-state index >= 15 is 0 Å². The molecule has 3 aliphatic rings. The van der Waals surface area contributed by atoms with E-state index in [2.05, 4.69) is 53.8 Å². The number of aromatic nitrogens is 1. The summed E-state index contributed by atoms with van der Waals surface area (Å²) in [6.07, 6.45) is 6.00. The molecule has 0 N–H and O–H groups in total. The maximum atomic E-state index is 6.31. The number of para-hydroxylation sites is 1. The lowest BCUT2D eigenvalue weighted by Crippen LogP contribution is -2.33. The molecule has 2 bridgehead atoms. The SMILES string of the molecule is CC=C1CO[C@@H]2C[C@H]1C[C@H]1c3c(c4ccccc4n32)CCN1C. The van der Waals surface area contributed by atoms with Gasteiger partial charge in [-0.1, -0.05) is 24.3 Å². The van der Waals surface area contributed by atoms with Crippen LogP contribution in [0, 0.1) is 5.92 Å². The van der Waals surface area contributed by atoms with Crippen molar-refractivity contribution in [3.8, 4) is 0 Å². The van der Waals surface area contributed by atoms with Crippen molar-refractivity contribution in [1.29, 1.82) is 0 Å². The lowest BCUT2D eigenvalue weighted by molar-refractivity contribution is -0.0203. The van der Waals surface area contributed by atoms with Crippen molar-refractivity contribution in [2.24, 2.45) is 5.92 Å². The standard InChI is InChI=1S/C20H24N2O/c1-3-13-12-23-19-11-14(13)10-18-20-16(8-9-21(18)2)15-6-4-5-7-17(15)22(19)20/h3-7,14,18-19H,8-12H2,1-2H3/t14-,18+,19-/m1/s1. The number of hydrogen-bond donors (Lipinski definition) is 0. The summed E-state index contributed by atoms with van der Waals surface area (Å²) in [4.78, 5) is 2.56. The van der Waals surface area contributed by atoms with E-state index in [1.807, 2.05) is 0 Å². The third-order valence-corrected chi connectivity index (χ3v) is 6.24. The topological polar surface area (TPSA) is 17.4 Å². The molecule has 1 aromatic heterocycles. The highest BCUT2D eigenvalue weighted by atomic mass is 16.5. The van der Waals surface area contributed by atoms with Crippen molar-refractivity contribution in [2.45, 2.75) is 38.5 Å². The van der Waals surface area contributed by atoms with Crippen LogP contribution in [0.1, 0.15) is 43.3 Å². The van der Waals surface area contributed by atoms with Crippen LogP contribution in [0.5, 0.6) is 0 Å². The van der Waals surface area contributed by atoms with E-state index < -0.39 is 0 Å². The highest BCUT2D eigenvalue weighted by Crippen LogP contribution is 2.49. The van der Waals surface area contributed by atoms with Crippen molar-refractivity contribution in [3.05, 3.63) is 47.2 Å². The minimum Gasteiger partial charge on any atom is -0.354 e. The molecule has 3 heteroatoms. The lowest BCUT2D eigenvalue weighted by Gasteiger charge is -2.34. The number of benzene rings is 1. The molecule has 120 valence electrons. The number of likely N-dealkylation sites (N-methyl/N-ethyl adjacent to an activating group) is 1. The Morgan fingerprint density at radius 2 is 2.09 bits per heavy atom. The van der Waals surface area contributed by atoms with Gasteiger partial charge >= 0.3 is 0 Å². The first-order valence-electron chi connectivity index (χ1n) is 8.86. The van der Waals surface area contributed by atoms with Crippen LogP contribution in [0.25, 0.3) is 10.9 Å². The Bertz CT molecular complexity index is 803. The molecule has 1 aromatic carbocycles. The van der Waals surface area contributed by atoms with E-state index in [1.165, 1.54) is 28.6 Å². The van der Waals surface area contributed by atoms with E-state index in [-0.39, 0.29) is 6.23 Å². The van der Waals surface area contributed by atoms with Gasteiger partial charge in [-0.2, -0.15) is 0 Å². The van der Waals surface area contributed by atoms with Gasteiger partial charge in [-0.25, -0.2) is 0 Å². The second-order valence-electron chi connectivity index (χ2n) is 7.29. The van der Waals surface area contributed by atoms with Crippen LogP contribution in [0.3, 0.4) is 0 Å². The Kier molecular flexibility index (Phi) is 2.98. The monoisotopic (exact) mass is 308 g/mol. The van der Waals surface area contributed by atoms with Crippen LogP contribution in [-0.4, -0.2) is 29.7 Å². The minimum atomic E-state index is 0.203. The van der Waals surface area contributed by atoms with Gasteiger partial charge in [0.1, 0.15) is 6.23 Å². The summed E-state index contributed by atoms with van der Waals surface area (Å²) in [6, 6.07) is 9.44. The average Bonchev–Trinajstić information content (AvgIpc) is 2.85. The fourth-order valence-corrected chi connectivity index (χ4v) is 5.02. The summed E-state index contributed by atoms with van der Waals surface area (Å²) in [6.45, 7) is 4.12. The molecule has 4 heterocycles. The Balaban J connectivity index is 1.78. The number of nitrogens with zero attached hydrogens (tertiary/aromatic N) is 2. The van der Waals surface area contributed by atoms with Gasteiger partial charge in [-0.15, -0.1) is 0 Å². The van der Waals surface area contributed by atoms with Crippen LogP contribution in [0.15, 0.2) is 35.9 Å². The van der Waals surface area contributed by atoms with Crippen molar-refractivity contribution >= 4 is 10.9 Å². The summed E-state index contributed by atoms with van der Waals surface area (Å²) in [5, 5.41) is 1.44. The van der Waals surface area contributed by atoms with Crippen LogP contribution in [0.4, 0.5) is 0 Å². The Morgan fingerprint density at radius 1 is 1.22 bits per heavy atom. The summed E-state index contributed by atoms with van der Waals surface area (Å²) in [5.41, 5.74) is 5.97. The van der Waals surface area contributed by atoms with Gasteiger partial charge in [-0.05, 0) is 56.4 Å². The van der Waals surface area contributed by atoms with Crippen LogP contribution >= 0.6 is 0 Å². The molecule has 0 spiro atoms. The fraction of sp³-hybridized carbons (Fsp3) is 0.500. The number of fused-ring (bicyclic) bond motifs is 6. The van der Waals surface area contributed by atoms with Crippen molar-refractivity contribution in [1.82, 2.24) is 9.47 Å². The zero-order chi connectivity index (χ0) is 15.6. The van der Waals surface area contributed by atoms with Crippen LogP contribution in [-0.2, 0) is 11.2 Å². The zero-order valence-electron chi connectivity index (χ0n) is 14.0. The molecule has 3 aliphatic heterocycles. The maximum Gasteiger partial charge on any atom is 0.135 e. The van der Waals surface area contributed by atoms with Crippen LogP contribution in [0.2, 0.25) is 0 Å². The van der Waals surface area contributed by atoms with Crippen molar-refractivity contribution in [2.75, 3.05) is 20.2 Å². The number of allylic oxidation sites excluding steroid dienone is 1. The van der Waals surface area contributed by atoms with Gasteiger partial charge in [0.15, 0.2) is 0 Å². The highest BCUT2D eigenvalue weighted by molar-refractivity contribution is 5.86. The molecule has 0 aliphatic carbocycles. The molecule has 5 rings (SSSR count). The summed E-state index contributed by atoms with van der Waals surface area (Å²) < 4.78 is 8.85. The molecule has 1 fully saturated rings. The first-order valence-corrected chi connectivity index (χ1v) is 8.86. The van der Waals surface area contributed by atoms with E-state index in [0.717, 1.165) is 26.0 Å². The van der Waals surface area contributed by atoms with E-state index in [1.54, 1.807) is 5.56 Å². The van der Waals surface area contributed by atoms with Gasteiger partial charge in [0.2, 0.25) is 0 Å². The van der Waals surface area contributed by atoms with Crippen LogP contribution < -0.4 is 0 Å². The second-order valence-corrected chi connectivity index (χ2v) is 7.29. The van der Waals surface area contributed by atoms with Gasteiger partial charge in [0.25, 0.3) is 0 Å². The predicted octanol–water partition coefficient (Wildman–Crippen LogP) is 4.06. The molecule has 3 nitrogen and oxygen atoms in total. The van der Waals surface area contributed by atoms with Crippen molar-refractivity contribution in [3.63, 3.8) is 0 Å². The number of rotatable bonds is 0. The molecule has 0 saturated carbocycles. The first kappa shape index (κ1) is 13.8. The Morgan fingerprint density at radius 3 is 2.96 bits per heavy atom. The summed E-state index contributed by atoms with van der Waals surface area (Å²) >= 11 is 0. The van der Waals surface area contributed by atoms with E-state index in [9.17, 15) is 0 Å². The van der Waals surface area contributed by atoms with Gasteiger partial charge in [0, 0.05) is 17.6 Å². The van der Waals surface area contributed by atoms with E-state index in [0.29, 0.717) is 12.0 Å². The second kappa shape index (κ2) is 4.96. The quantitative estimate of drug-likeness (QED) is 0.683. The molecular weight excluding hydrogens is 284 g/mol. The molecule has 0 unspecified atom stereocenters. The molecule has 0 radical (unpaired) electrons. The number of hydrogen-bond acceptors (Lipinski definition) is 2. The summed E-state index contributed by atoms with van der Waals surface area (Å²) in [7, 11) is 2.29. The largest absolute Gasteiger partial charge is 0.354 e. The fourth-order valence-electron chi connectivity index (χ4n) is 5.02. The maximum absolute atomic E-state index is 6.31. The molecule has 2 aromatic rings. The molecule has 1 saturated heterocycles. The predicted molar refractivity (Wildman–Crippen MR) is 92.5 cm³/mol. The first-order chi connectivity index (χ1) is 11.3. The summed E-state index contributed by atoms with van der Waals surface area (Å²) in [5.74, 6) is 0.663. The molecule has 0 amide bonds. The third kappa shape index (κ3) is 1.84. The Labute approximate surface area is 137 Å². The number of ether oxygens (including phenoxy) is 1. The van der Waals surface area contributed by atoms with E-state index in [4.69, 9.17) is 4.74 Å². The molecular formula is C20H24N2O. The smallest absolute Gasteiger partial charge is 0.135 e. The average molecular weight is 308 g/mol. The van der Waals surface area contributed by atoms with Crippen molar-refractivity contribution < 1.29 is 4.74 Å². The van der Waals surface area contributed by atoms with Gasteiger partial charge in [0.05, 0.1) is 18.2 Å². The molecule has 23 heavy (non-hydrogen) atoms. The third-order valence-electron chi connectivity index (χ3n) is 6.24. The van der Waals surface area contributed by atoms with Gasteiger partial charge < -0.3 is 9.30 Å². The lowest BCUT2D eigenvalue weighted by atomic mass is 9.85. The highest BCUT2D eigenvalue weighted by Gasteiger charge is 2.41. The molecule has 3 atom stereocenters. The van der Waals surface area contributed by atoms with Gasteiger partial charge in [-0.3, -0.25) is 4.90 Å². The Hall–Kier alpha value is -1.58. The normalized spacial score (nSPS) is 32.1. The zero-order valence-corrected chi connectivity index (χ0v) is 14.0. The minimum absolute atomic E-state index is 0.203.